The largest absolute Gasteiger partial charge is 0.370 e. The Balaban J connectivity index is 1.85. The minimum Gasteiger partial charge on any atom is -0.370 e. The van der Waals surface area contributed by atoms with Gasteiger partial charge in [0.05, 0.1) is 5.69 Å². The molecule has 1 aromatic rings. The number of pyridine rings is 1. The van der Waals surface area contributed by atoms with Crippen LogP contribution in [-0.2, 0) is 6.54 Å². The van der Waals surface area contributed by atoms with Gasteiger partial charge < -0.3 is 5.32 Å². The summed E-state index contributed by atoms with van der Waals surface area (Å²) in [5, 5.41) is 3.36. The minimum absolute atomic E-state index is 0.909. The highest BCUT2D eigenvalue weighted by atomic mass is 15.2. The van der Waals surface area contributed by atoms with Crippen LogP contribution in [0.25, 0.3) is 0 Å². The fourth-order valence-electron chi connectivity index (χ4n) is 2.85. The number of nitrogens with zero attached hydrogens (tertiary/aromatic N) is 2. The predicted octanol–water partition coefficient (Wildman–Crippen LogP) is 3.53. The van der Waals surface area contributed by atoms with E-state index in [4.69, 9.17) is 4.98 Å². The topological polar surface area (TPSA) is 28.2 Å². The average molecular weight is 261 g/mol. The van der Waals surface area contributed by atoms with E-state index in [1.807, 2.05) is 0 Å². The second-order valence-corrected chi connectivity index (χ2v) is 5.62. The molecule has 1 atom stereocenters. The van der Waals surface area contributed by atoms with Crippen molar-refractivity contribution in [1.29, 1.82) is 0 Å². The molecule has 0 amide bonds. The lowest BCUT2D eigenvalue weighted by Crippen LogP contribution is -2.21. The maximum atomic E-state index is 4.69. The third kappa shape index (κ3) is 4.50. The third-order valence-electron chi connectivity index (χ3n) is 3.82. The zero-order valence-electron chi connectivity index (χ0n) is 12.4. The first kappa shape index (κ1) is 14.3. The van der Waals surface area contributed by atoms with Gasteiger partial charge in [0.2, 0.25) is 0 Å². The molecule has 1 aliphatic heterocycles. The Morgan fingerprint density at radius 3 is 3.00 bits per heavy atom. The maximum Gasteiger partial charge on any atom is 0.126 e. The van der Waals surface area contributed by atoms with Gasteiger partial charge in [-0.05, 0) is 43.9 Å². The van der Waals surface area contributed by atoms with Crippen molar-refractivity contribution in [2.24, 2.45) is 5.92 Å². The molecule has 2 rings (SSSR count). The van der Waals surface area contributed by atoms with Crippen molar-refractivity contribution in [3.63, 3.8) is 0 Å². The van der Waals surface area contributed by atoms with Crippen LogP contribution in [-0.4, -0.2) is 29.5 Å². The van der Waals surface area contributed by atoms with E-state index in [2.05, 4.69) is 42.3 Å². The third-order valence-corrected chi connectivity index (χ3v) is 3.82. The van der Waals surface area contributed by atoms with Crippen LogP contribution in [0.2, 0.25) is 0 Å². The van der Waals surface area contributed by atoms with Crippen molar-refractivity contribution >= 4 is 5.82 Å². The Hall–Kier alpha value is -1.09. The van der Waals surface area contributed by atoms with Crippen molar-refractivity contribution in [3.8, 4) is 0 Å². The summed E-state index contributed by atoms with van der Waals surface area (Å²) in [5.41, 5.74) is 1.19. The van der Waals surface area contributed by atoms with Crippen LogP contribution in [0.15, 0.2) is 18.2 Å². The summed E-state index contributed by atoms with van der Waals surface area (Å²) in [6.45, 7) is 8.95. The molecule has 106 valence electrons. The van der Waals surface area contributed by atoms with Gasteiger partial charge in [-0.25, -0.2) is 4.98 Å². The molecule has 19 heavy (non-hydrogen) atoms. The van der Waals surface area contributed by atoms with Gasteiger partial charge in [-0.2, -0.15) is 0 Å². The van der Waals surface area contributed by atoms with Gasteiger partial charge in [0.25, 0.3) is 0 Å². The average Bonchev–Trinajstić information content (AvgIpc) is 2.85. The summed E-state index contributed by atoms with van der Waals surface area (Å²) in [6, 6.07) is 6.31. The molecule has 1 aromatic heterocycles. The fraction of sp³-hybridized carbons (Fsp3) is 0.688. The van der Waals surface area contributed by atoms with E-state index in [1.165, 1.54) is 38.0 Å². The van der Waals surface area contributed by atoms with E-state index in [1.54, 1.807) is 0 Å². The molecule has 1 N–H and O–H groups in total. The first-order valence-corrected chi connectivity index (χ1v) is 7.74. The van der Waals surface area contributed by atoms with Gasteiger partial charge in [0, 0.05) is 19.6 Å². The molecule has 1 saturated heterocycles. The second kappa shape index (κ2) is 7.49. The van der Waals surface area contributed by atoms with Crippen molar-refractivity contribution in [3.05, 3.63) is 23.9 Å². The van der Waals surface area contributed by atoms with Crippen molar-refractivity contribution in [1.82, 2.24) is 9.88 Å². The highest BCUT2D eigenvalue weighted by molar-refractivity contribution is 5.35. The van der Waals surface area contributed by atoms with Gasteiger partial charge in [-0.3, -0.25) is 4.90 Å². The van der Waals surface area contributed by atoms with Crippen LogP contribution in [0, 0.1) is 5.92 Å². The Labute approximate surface area is 117 Å². The Kier molecular flexibility index (Phi) is 5.64. The molecule has 0 spiro atoms. The Morgan fingerprint density at radius 2 is 2.21 bits per heavy atom. The first-order chi connectivity index (χ1) is 9.31. The monoisotopic (exact) mass is 261 g/mol. The van der Waals surface area contributed by atoms with E-state index in [0.29, 0.717) is 0 Å². The molecule has 1 aliphatic rings. The molecule has 0 aromatic carbocycles. The van der Waals surface area contributed by atoms with Crippen LogP contribution < -0.4 is 5.32 Å². The molecule has 2 heterocycles. The van der Waals surface area contributed by atoms with E-state index in [-0.39, 0.29) is 0 Å². The lowest BCUT2D eigenvalue weighted by atomic mass is 10.0. The lowest BCUT2D eigenvalue weighted by Gasteiger charge is -2.16. The van der Waals surface area contributed by atoms with Crippen LogP contribution in [0.1, 0.15) is 45.2 Å². The minimum atomic E-state index is 0.909. The SMILES string of the molecule is CCCNc1cccc(CN2CCC(CCC)C2)n1. The number of likely N-dealkylation sites (tertiary alicyclic amines) is 1. The Bertz CT molecular complexity index is 378. The molecule has 3 nitrogen and oxygen atoms in total. The van der Waals surface area contributed by atoms with Crippen LogP contribution in [0.3, 0.4) is 0 Å². The molecule has 1 fully saturated rings. The number of anilines is 1. The number of nitrogens with one attached hydrogen (secondary N) is 1. The zero-order chi connectivity index (χ0) is 13.5. The molecular formula is C16H27N3. The van der Waals surface area contributed by atoms with Gasteiger partial charge in [0.15, 0.2) is 0 Å². The standard InChI is InChI=1S/C16H27N3/c1-3-6-14-9-11-19(12-14)13-15-7-5-8-16(18-15)17-10-4-2/h5,7-8,14H,3-4,6,9-13H2,1-2H3,(H,17,18). The molecule has 0 saturated carbocycles. The molecule has 0 aliphatic carbocycles. The van der Waals surface area contributed by atoms with E-state index in [0.717, 1.165) is 31.2 Å². The van der Waals surface area contributed by atoms with Crippen LogP contribution >= 0.6 is 0 Å². The van der Waals surface area contributed by atoms with Crippen molar-refractivity contribution in [2.45, 2.75) is 46.1 Å². The van der Waals surface area contributed by atoms with Crippen molar-refractivity contribution in [2.75, 3.05) is 25.0 Å². The smallest absolute Gasteiger partial charge is 0.126 e. The van der Waals surface area contributed by atoms with E-state index >= 15 is 0 Å². The number of hydrogen-bond acceptors (Lipinski definition) is 3. The van der Waals surface area contributed by atoms with E-state index < -0.39 is 0 Å². The highest BCUT2D eigenvalue weighted by Crippen LogP contribution is 2.22. The molecular weight excluding hydrogens is 234 g/mol. The summed E-state index contributed by atoms with van der Waals surface area (Å²) in [6.07, 6.45) is 5.19. The first-order valence-electron chi connectivity index (χ1n) is 7.74. The number of aromatic nitrogens is 1. The van der Waals surface area contributed by atoms with Gasteiger partial charge in [0.1, 0.15) is 5.82 Å². The number of hydrogen-bond donors (Lipinski definition) is 1. The lowest BCUT2D eigenvalue weighted by molar-refractivity contribution is 0.309. The van der Waals surface area contributed by atoms with Crippen LogP contribution in [0.4, 0.5) is 5.82 Å². The second-order valence-electron chi connectivity index (χ2n) is 5.62. The molecule has 0 bridgehead atoms. The molecule has 3 heteroatoms. The van der Waals surface area contributed by atoms with Gasteiger partial charge in [-0.15, -0.1) is 0 Å². The molecule has 1 unspecified atom stereocenters. The number of rotatable bonds is 7. The van der Waals surface area contributed by atoms with Gasteiger partial charge >= 0.3 is 0 Å². The Morgan fingerprint density at radius 1 is 1.32 bits per heavy atom. The van der Waals surface area contributed by atoms with E-state index in [9.17, 15) is 0 Å². The normalized spacial score (nSPS) is 19.8. The fourth-order valence-corrected chi connectivity index (χ4v) is 2.85. The summed E-state index contributed by atoms with van der Waals surface area (Å²) < 4.78 is 0. The summed E-state index contributed by atoms with van der Waals surface area (Å²) in [5.74, 6) is 1.93. The summed E-state index contributed by atoms with van der Waals surface area (Å²) >= 11 is 0. The van der Waals surface area contributed by atoms with Crippen molar-refractivity contribution < 1.29 is 0 Å². The van der Waals surface area contributed by atoms with Gasteiger partial charge in [-0.1, -0.05) is 26.3 Å². The molecule has 0 radical (unpaired) electrons. The predicted molar refractivity (Wildman–Crippen MR) is 81.3 cm³/mol. The van der Waals surface area contributed by atoms with Crippen LogP contribution in [0.5, 0.6) is 0 Å². The summed E-state index contributed by atoms with van der Waals surface area (Å²) in [4.78, 5) is 7.24. The summed E-state index contributed by atoms with van der Waals surface area (Å²) in [7, 11) is 0. The highest BCUT2D eigenvalue weighted by Gasteiger charge is 2.21. The quantitative estimate of drug-likeness (QED) is 0.814. The maximum absolute atomic E-state index is 4.69. The zero-order valence-corrected chi connectivity index (χ0v) is 12.4.